The number of ether oxygens (including phenoxy) is 1. The molecular formula is C16H14Cl2N2O3. The van der Waals surface area contributed by atoms with Gasteiger partial charge in [-0.1, -0.05) is 23.2 Å². The lowest BCUT2D eigenvalue weighted by atomic mass is 10.3. The van der Waals surface area contributed by atoms with E-state index in [1.165, 1.54) is 0 Å². The third-order valence-corrected chi connectivity index (χ3v) is 3.26. The van der Waals surface area contributed by atoms with Gasteiger partial charge in [-0.3, -0.25) is 9.59 Å². The van der Waals surface area contributed by atoms with E-state index in [1.807, 2.05) is 0 Å². The molecule has 2 amide bonds. The molecule has 0 aliphatic heterocycles. The van der Waals surface area contributed by atoms with Crippen LogP contribution in [0.3, 0.4) is 0 Å². The summed E-state index contributed by atoms with van der Waals surface area (Å²) in [5.74, 6) is -0.214. The highest BCUT2D eigenvalue weighted by atomic mass is 35.5. The van der Waals surface area contributed by atoms with Gasteiger partial charge in [0.05, 0.1) is 6.54 Å². The number of hydrogen-bond donors (Lipinski definition) is 2. The number of halogens is 2. The van der Waals surface area contributed by atoms with Gasteiger partial charge in [-0.05, 0) is 48.5 Å². The van der Waals surface area contributed by atoms with Crippen LogP contribution in [0.5, 0.6) is 5.75 Å². The van der Waals surface area contributed by atoms with Crippen molar-refractivity contribution < 1.29 is 14.3 Å². The predicted molar refractivity (Wildman–Crippen MR) is 90.0 cm³/mol. The second-order valence-corrected chi connectivity index (χ2v) is 5.45. The van der Waals surface area contributed by atoms with Gasteiger partial charge in [-0.2, -0.15) is 0 Å². The van der Waals surface area contributed by atoms with Gasteiger partial charge in [0.2, 0.25) is 5.91 Å². The molecule has 5 nitrogen and oxygen atoms in total. The Bertz CT molecular complexity index is 673. The van der Waals surface area contributed by atoms with Gasteiger partial charge < -0.3 is 15.4 Å². The highest BCUT2D eigenvalue weighted by Gasteiger charge is 2.07. The topological polar surface area (TPSA) is 67.4 Å². The van der Waals surface area contributed by atoms with Gasteiger partial charge in [-0.15, -0.1) is 0 Å². The summed E-state index contributed by atoms with van der Waals surface area (Å²) in [5.41, 5.74) is 0.603. The number of nitrogens with one attached hydrogen (secondary N) is 2. The standard InChI is InChI=1S/C16H14Cl2N2O3/c17-11-1-5-13(6-2-11)20-15(21)9-19-16(22)10-23-14-7-3-12(18)4-8-14/h1-8H,9-10H2,(H,19,22)(H,20,21). The van der Waals surface area contributed by atoms with Crippen LogP contribution in [0.15, 0.2) is 48.5 Å². The van der Waals surface area contributed by atoms with Crippen molar-refractivity contribution in [2.75, 3.05) is 18.5 Å². The number of hydrogen-bond acceptors (Lipinski definition) is 3. The van der Waals surface area contributed by atoms with Crippen molar-refractivity contribution in [3.8, 4) is 5.75 Å². The van der Waals surface area contributed by atoms with E-state index in [-0.39, 0.29) is 19.1 Å². The summed E-state index contributed by atoms with van der Waals surface area (Å²) in [6, 6.07) is 13.3. The van der Waals surface area contributed by atoms with Crippen LogP contribution in [0.1, 0.15) is 0 Å². The van der Waals surface area contributed by atoms with Crippen molar-refractivity contribution in [1.82, 2.24) is 5.32 Å². The lowest BCUT2D eigenvalue weighted by Crippen LogP contribution is -2.35. The Morgan fingerprint density at radius 1 is 0.870 bits per heavy atom. The SMILES string of the molecule is O=C(COc1ccc(Cl)cc1)NCC(=O)Nc1ccc(Cl)cc1. The molecule has 0 saturated carbocycles. The fraction of sp³-hybridized carbons (Fsp3) is 0.125. The van der Waals surface area contributed by atoms with Crippen LogP contribution in [0.2, 0.25) is 10.0 Å². The van der Waals surface area contributed by atoms with Crippen LogP contribution in [-0.4, -0.2) is 25.0 Å². The molecule has 0 spiro atoms. The Hall–Kier alpha value is -2.24. The Kier molecular flexibility index (Phi) is 6.26. The number of anilines is 1. The van der Waals surface area contributed by atoms with Crippen molar-refractivity contribution in [3.63, 3.8) is 0 Å². The van der Waals surface area contributed by atoms with Gasteiger partial charge in [0, 0.05) is 15.7 Å². The average Bonchev–Trinajstić information content (AvgIpc) is 2.54. The van der Waals surface area contributed by atoms with E-state index in [0.29, 0.717) is 21.5 Å². The van der Waals surface area contributed by atoms with E-state index < -0.39 is 5.91 Å². The van der Waals surface area contributed by atoms with E-state index >= 15 is 0 Å². The maximum Gasteiger partial charge on any atom is 0.258 e. The first-order valence-corrected chi connectivity index (χ1v) is 7.49. The van der Waals surface area contributed by atoms with E-state index in [9.17, 15) is 9.59 Å². The lowest BCUT2D eigenvalue weighted by Gasteiger charge is -2.08. The minimum atomic E-state index is -0.397. The van der Waals surface area contributed by atoms with Gasteiger partial charge >= 0.3 is 0 Å². The Balaban J connectivity index is 1.70. The number of carbonyl (C=O) groups is 2. The third-order valence-electron chi connectivity index (χ3n) is 2.76. The molecule has 0 fully saturated rings. The molecule has 0 saturated heterocycles. The summed E-state index contributed by atoms with van der Waals surface area (Å²) < 4.78 is 5.27. The molecule has 0 unspecified atom stereocenters. The molecule has 2 N–H and O–H groups in total. The smallest absolute Gasteiger partial charge is 0.258 e. The molecule has 0 aliphatic rings. The van der Waals surface area contributed by atoms with Crippen molar-refractivity contribution in [1.29, 1.82) is 0 Å². The van der Waals surface area contributed by atoms with Crippen molar-refractivity contribution >= 4 is 40.7 Å². The fourth-order valence-corrected chi connectivity index (χ4v) is 1.90. The van der Waals surface area contributed by atoms with Gasteiger partial charge in [0.15, 0.2) is 6.61 Å². The second kappa shape index (κ2) is 8.41. The first kappa shape index (κ1) is 17.1. The van der Waals surface area contributed by atoms with Crippen LogP contribution in [0.4, 0.5) is 5.69 Å². The zero-order chi connectivity index (χ0) is 16.7. The molecular weight excluding hydrogens is 339 g/mol. The Morgan fingerprint density at radius 3 is 2.04 bits per heavy atom. The molecule has 23 heavy (non-hydrogen) atoms. The summed E-state index contributed by atoms with van der Waals surface area (Å²) in [6.45, 7) is -0.332. The summed E-state index contributed by atoms with van der Waals surface area (Å²) in [6.07, 6.45) is 0. The van der Waals surface area contributed by atoms with Gasteiger partial charge in [-0.25, -0.2) is 0 Å². The van der Waals surface area contributed by atoms with Crippen LogP contribution < -0.4 is 15.4 Å². The van der Waals surface area contributed by atoms with E-state index in [4.69, 9.17) is 27.9 Å². The van der Waals surface area contributed by atoms with E-state index in [0.717, 1.165) is 0 Å². The van der Waals surface area contributed by atoms with Gasteiger partial charge in [0.1, 0.15) is 5.75 Å². The minimum absolute atomic E-state index is 0.147. The third kappa shape index (κ3) is 6.18. The summed E-state index contributed by atoms with van der Waals surface area (Å²) in [4.78, 5) is 23.3. The number of carbonyl (C=O) groups excluding carboxylic acids is 2. The van der Waals surface area contributed by atoms with E-state index in [2.05, 4.69) is 10.6 Å². The molecule has 0 bridgehead atoms. The maximum atomic E-state index is 11.7. The number of rotatable bonds is 6. The van der Waals surface area contributed by atoms with Crippen LogP contribution in [0, 0.1) is 0 Å². The zero-order valence-electron chi connectivity index (χ0n) is 12.0. The summed E-state index contributed by atoms with van der Waals surface area (Å²) in [7, 11) is 0. The average molecular weight is 353 g/mol. The maximum absolute atomic E-state index is 11.7. The molecule has 2 aromatic carbocycles. The number of amides is 2. The normalized spacial score (nSPS) is 10.0. The highest BCUT2D eigenvalue weighted by Crippen LogP contribution is 2.15. The van der Waals surface area contributed by atoms with Crippen molar-refractivity contribution in [3.05, 3.63) is 58.6 Å². The molecule has 0 heterocycles. The van der Waals surface area contributed by atoms with Crippen LogP contribution in [0.25, 0.3) is 0 Å². The predicted octanol–water partition coefficient (Wildman–Crippen LogP) is 3.13. The molecule has 120 valence electrons. The second-order valence-electron chi connectivity index (χ2n) is 4.57. The quantitative estimate of drug-likeness (QED) is 0.839. The minimum Gasteiger partial charge on any atom is -0.484 e. The zero-order valence-corrected chi connectivity index (χ0v) is 13.5. The molecule has 0 radical (unpaired) electrons. The summed E-state index contributed by atoms with van der Waals surface area (Å²) >= 11 is 11.5. The van der Waals surface area contributed by atoms with E-state index in [1.54, 1.807) is 48.5 Å². The highest BCUT2D eigenvalue weighted by molar-refractivity contribution is 6.30. The van der Waals surface area contributed by atoms with Crippen molar-refractivity contribution in [2.45, 2.75) is 0 Å². The molecule has 0 aliphatic carbocycles. The first-order chi connectivity index (χ1) is 11.0. The van der Waals surface area contributed by atoms with Gasteiger partial charge in [0.25, 0.3) is 5.91 Å². The largest absolute Gasteiger partial charge is 0.484 e. The first-order valence-electron chi connectivity index (χ1n) is 6.73. The Labute approximate surface area is 143 Å². The molecule has 7 heteroatoms. The fourth-order valence-electron chi connectivity index (χ4n) is 1.65. The van der Waals surface area contributed by atoms with Crippen LogP contribution in [-0.2, 0) is 9.59 Å². The van der Waals surface area contributed by atoms with Crippen molar-refractivity contribution in [2.24, 2.45) is 0 Å². The molecule has 0 aromatic heterocycles. The molecule has 2 rings (SSSR count). The summed E-state index contributed by atoms with van der Waals surface area (Å²) in [5, 5.41) is 6.27. The monoisotopic (exact) mass is 352 g/mol. The molecule has 0 atom stereocenters. The molecule has 2 aromatic rings. The lowest BCUT2D eigenvalue weighted by molar-refractivity contribution is -0.125. The number of benzene rings is 2. The Morgan fingerprint density at radius 2 is 1.43 bits per heavy atom. The van der Waals surface area contributed by atoms with Crippen LogP contribution >= 0.6 is 23.2 Å².